The lowest BCUT2D eigenvalue weighted by Gasteiger charge is -2.10. The molecule has 0 saturated carbocycles. The van der Waals surface area contributed by atoms with Crippen LogP contribution in [0.25, 0.3) is 0 Å². The number of nitrogens with zero attached hydrogens (tertiary/aromatic N) is 2. The summed E-state index contributed by atoms with van der Waals surface area (Å²) in [5.74, 6) is 0.638. The molecule has 0 atom stereocenters. The third-order valence-electron chi connectivity index (χ3n) is 2.87. The Balaban J connectivity index is 2.44. The lowest BCUT2D eigenvalue weighted by molar-refractivity contribution is 0.112. The lowest BCUT2D eigenvalue weighted by atomic mass is 10.2. The second kappa shape index (κ2) is 4.93. The number of aromatic hydroxyl groups is 1. The lowest BCUT2D eigenvalue weighted by Crippen LogP contribution is -1.97. The second-order valence-electron chi connectivity index (χ2n) is 4.20. The largest absolute Gasteiger partial charge is 0.507 e. The van der Waals surface area contributed by atoms with E-state index in [1.54, 1.807) is 11.7 Å². The van der Waals surface area contributed by atoms with Gasteiger partial charge < -0.3 is 9.84 Å². The summed E-state index contributed by atoms with van der Waals surface area (Å²) in [4.78, 5) is 10.7. The highest BCUT2D eigenvalue weighted by molar-refractivity contribution is 6.32. The van der Waals surface area contributed by atoms with Crippen molar-refractivity contribution in [1.29, 1.82) is 0 Å². The van der Waals surface area contributed by atoms with Gasteiger partial charge in [0.2, 0.25) is 5.88 Å². The number of hydrogen-bond acceptors (Lipinski definition) is 4. The van der Waals surface area contributed by atoms with Gasteiger partial charge >= 0.3 is 0 Å². The SMILES string of the molecule is Cc1nn(C)c(Oc2cc(O)c(C=O)cc2Cl)c1C. The van der Waals surface area contributed by atoms with Crippen LogP contribution < -0.4 is 4.74 Å². The number of carbonyl (C=O) groups excluding carboxylic acids is 1. The van der Waals surface area contributed by atoms with Gasteiger partial charge in [0.15, 0.2) is 12.0 Å². The fraction of sp³-hybridized carbons (Fsp3) is 0.231. The van der Waals surface area contributed by atoms with Gasteiger partial charge in [-0.1, -0.05) is 11.6 Å². The average Bonchev–Trinajstić information content (AvgIpc) is 2.60. The highest BCUT2D eigenvalue weighted by Gasteiger charge is 2.15. The molecule has 0 amide bonds. The minimum atomic E-state index is -0.175. The first-order valence-corrected chi connectivity index (χ1v) is 5.97. The highest BCUT2D eigenvalue weighted by atomic mass is 35.5. The first-order valence-electron chi connectivity index (χ1n) is 5.59. The predicted molar refractivity (Wildman–Crippen MR) is 71.3 cm³/mol. The maximum Gasteiger partial charge on any atom is 0.220 e. The van der Waals surface area contributed by atoms with Gasteiger partial charge in [0, 0.05) is 18.7 Å². The number of benzene rings is 1. The predicted octanol–water partition coefficient (Wildman–Crippen LogP) is 3.00. The Morgan fingerprint density at radius 2 is 2.11 bits per heavy atom. The standard InChI is InChI=1S/C13H13ClN2O3/c1-7-8(2)15-16(3)13(7)19-12-5-11(18)9(6-17)4-10(12)14/h4-6,18H,1-3H3. The Kier molecular flexibility index (Phi) is 3.48. The van der Waals surface area contributed by atoms with Crippen LogP contribution in [0, 0.1) is 13.8 Å². The Bertz CT molecular complexity index is 650. The van der Waals surface area contributed by atoms with Crippen molar-refractivity contribution in [2.75, 3.05) is 0 Å². The monoisotopic (exact) mass is 280 g/mol. The Hall–Kier alpha value is -2.01. The maximum atomic E-state index is 10.7. The number of halogens is 1. The van der Waals surface area contributed by atoms with Gasteiger partial charge in [-0.05, 0) is 19.9 Å². The molecule has 0 aliphatic heterocycles. The first-order chi connectivity index (χ1) is 8.93. The molecule has 1 aromatic heterocycles. The Morgan fingerprint density at radius 1 is 1.42 bits per heavy atom. The third-order valence-corrected chi connectivity index (χ3v) is 3.17. The minimum absolute atomic E-state index is 0.121. The molecule has 0 saturated heterocycles. The van der Waals surface area contributed by atoms with Gasteiger partial charge in [-0.3, -0.25) is 4.79 Å². The van der Waals surface area contributed by atoms with Crippen molar-refractivity contribution in [2.45, 2.75) is 13.8 Å². The van der Waals surface area contributed by atoms with Crippen LogP contribution in [0.1, 0.15) is 21.6 Å². The van der Waals surface area contributed by atoms with Crippen molar-refractivity contribution in [2.24, 2.45) is 7.05 Å². The molecule has 6 heteroatoms. The number of aryl methyl sites for hydroxylation is 2. The molecule has 19 heavy (non-hydrogen) atoms. The van der Waals surface area contributed by atoms with Crippen LogP contribution in [0.3, 0.4) is 0 Å². The van der Waals surface area contributed by atoms with Crippen LogP contribution in [-0.2, 0) is 7.05 Å². The van der Waals surface area contributed by atoms with E-state index in [1.165, 1.54) is 12.1 Å². The third kappa shape index (κ3) is 2.42. The Morgan fingerprint density at radius 3 is 2.63 bits per heavy atom. The van der Waals surface area contributed by atoms with Crippen LogP contribution >= 0.6 is 11.6 Å². The van der Waals surface area contributed by atoms with Crippen LogP contribution in [0.5, 0.6) is 17.4 Å². The summed E-state index contributed by atoms with van der Waals surface area (Å²) in [6.07, 6.45) is 0.532. The summed E-state index contributed by atoms with van der Waals surface area (Å²) >= 11 is 6.02. The molecule has 0 spiro atoms. The van der Waals surface area contributed by atoms with Crippen LogP contribution in [0.4, 0.5) is 0 Å². The minimum Gasteiger partial charge on any atom is -0.507 e. The summed E-state index contributed by atoms with van der Waals surface area (Å²) in [7, 11) is 1.75. The van der Waals surface area contributed by atoms with E-state index in [2.05, 4.69) is 5.10 Å². The fourth-order valence-electron chi connectivity index (χ4n) is 1.72. The zero-order chi connectivity index (χ0) is 14.2. The molecule has 1 heterocycles. The normalized spacial score (nSPS) is 10.5. The molecule has 100 valence electrons. The molecule has 0 radical (unpaired) electrons. The molecule has 0 bridgehead atoms. The van der Waals surface area contributed by atoms with Gasteiger partial charge in [-0.15, -0.1) is 0 Å². The molecule has 2 rings (SSSR count). The number of carbonyl (C=O) groups is 1. The van der Waals surface area contributed by atoms with E-state index in [4.69, 9.17) is 16.3 Å². The quantitative estimate of drug-likeness (QED) is 0.878. The van der Waals surface area contributed by atoms with E-state index in [9.17, 15) is 9.90 Å². The zero-order valence-corrected chi connectivity index (χ0v) is 11.5. The topological polar surface area (TPSA) is 64.3 Å². The number of rotatable bonds is 3. The smallest absolute Gasteiger partial charge is 0.220 e. The van der Waals surface area contributed by atoms with E-state index in [0.717, 1.165) is 11.3 Å². The van der Waals surface area contributed by atoms with E-state index in [1.807, 2.05) is 13.8 Å². The highest BCUT2D eigenvalue weighted by Crippen LogP contribution is 2.35. The molecule has 0 aliphatic carbocycles. The molecule has 0 unspecified atom stereocenters. The van der Waals surface area contributed by atoms with Crippen molar-refractivity contribution in [1.82, 2.24) is 9.78 Å². The van der Waals surface area contributed by atoms with Gasteiger partial charge in [0.25, 0.3) is 0 Å². The number of aromatic nitrogens is 2. The molecular formula is C13H13ClN2O3. The zero-order valence-electron chi connectivity index (χ0n) is 10.8. The molecule has 2 aromatic rings. The summed E-state index contributed by atoms with van der Waals surface area (Å²) in [5.41, 5.74) is 1.86. The maximum absolute atomic E-state index is 10.7. The second-order valence-corrected chi connectivity index (χ2v) is 4.61. The molecule has 5 nitrogen and oxygen atoms in total. The summed E-state index contributed by atoms with van der Waals surface area (Å²) in [5, 5.41) is 14.1. The van der Waals surface area contributed by atoms with Gasteiger partial charge in [0.05, 0.1) is 16.3 Å². The average molecular weight is 281 g/mol. The fourth-order valence-corrected chi connectivity index (χ4v) is 1.93. The first kappa shape index (κ1) is 13.4. The van der Waals surface area contributed by atoms with Gasteiger partial charge in [0.1, 0.15) is 5.75 Å². The number of phenols is 1. The van der Waals surface area contributed by atoms with Crippen LogP contribution in [0.2, 0.25) is 5.02 Å². The number of hydrogen-bond donors (Lipinski definition) is 1. The summed E-state index contributed by atoms with van der Waals surface area (Å²) < 4.78 is 7.25. The van der Waals surface area contributed by atoms with Crippen molar-refractivity contribution in [3.63, 3.8) is 0 Å². The number of ether oxygens (including phenoxy) is 1. The number of aldehydes is 1. The van der Waals surface area contributed by atoms with E-state index >= 15 is 0 Å². The molecule has 1 N–H and O–H groups in total. The van der Waals surface area contributed by atoms with Crippen molar-refractivity contribution in [3.8, 4) is 17.4 Å². The van der Waals surface area contributed by atoms with E-state index < -0.39 is 0 Å². The van der Waals surface area contributed by atoms with Crippen molar-refractivity contribution >= 4 is 17.9 Å². The molecule has 0 fully saturated rings. The Labute approximate surface area is 115 Å². The number of phenolic OH excluding ortho intramolecular Hbond substituents is 1. The van der Waals surface area contributed by atoms with Crippen LogP contribution in [-0.4, -0.2) is 21.2 Å². The van der Waals surface area contributed by atoms with Gasteiger partial charge in [-0.2, -0.15) is 5.10 Å². The van der Waals surface area contributed by atoms with Crippen molar-refractivity contribution < 1.29 is 14.6 Å². The molecule has 0 aliphatic rings. The van der Waals surface area contributed by atoms with Crippen LogP contribution in [0.15, 0.2) is 12.1 Å². The van der Waals surface area contributed by atoms with E-state index in [-0.39, 0.29) is 22.1 Å². The van der Waals surface area contributed by atoms with E-state index in [0.29, 0.717) is 12.2 Å². The molecular weight excluding hydrogens is 268 g/mol. The summed E-state index contributed by atoms with van der Waals surface area (Å²) in [6.45, 7) is 3.75. The summed E-state index contributed by atoms with van der Waals surface area (Å²) in [6, 6.07) is 2.67. The van der Waals surface area contributed by atoms with Crippen molar-refractivity contribution in [3.05, 3.63) is 34.0 Å². The molecule has 1 aromatic carbocycles. The van der Waals surface area contributed by atoms with Gasteiger partial charge in [-0.25, -0.2) is 4.68 Å².